The van der Waals surface area contributed by atoms with E-state index in [-0.39, 0.29) is 5.56 Å². The quantitative estimate of drug-likeness (QED) is 0.873. The molecule has 3 heteroatoms. The highest BCUT2D eigenvalue weighted by Gasteiger charge is 2.12. The number of hydrogen-bond acceptors (Lipinski definition) is 1. The predicted octanol–water partition coefficient (Wildman–Crippen LogP) is 4.32. The minimum atomic E-state index is -0.945. The van der Waals surface area contributed by atoms with Gasteiger partial charge in [-0.15, -0.1) is 0 Å². The van der Waals surface area contributed by atoms with Crippen molar-refractivity contribution in [2.45, 2.75) is 13.8 Å². The minimum absolute atomic E-state index is 0.266. The lowest BCUT2D eigenvalue weighted by atomic mass is 9.96. The van der Waals surface area contributed by atoms with Crippen LogP contribution in [0.25, 0.3) is 11.1 Å². The van der Waals surface area contributed by atoms with Crippen LogP contribution >= 0.6 is 11.6 Å². The van der Waals surface area contributed by atoms with Crippen LogP contribution < -0.4 is 0 Å². The molecule has 0 radical (unpaired) electrons. The summed E-state index contributed by atoms with van der Waals surface area (Å²) in [6, 6.07) is 10.7. The van der Waals surface area contributed by atoms with E-state index in [1.807, 2.05) is 32.0 Å². The second-order valence-electron chi connectivity index (χ2n) is 4.29. The first kappa shape index (κ1) is 12.7. The molecule has 2 aromatic rings. The summed E-state index contributed by atoms with van der Waals surface area (Å²) in [5.41, 5.74) is 4.10. The van der Waals surface area contributed by atoms with E-state index in [1.54, 1.807) is 12.1 Å². The Bertz CT molecular complexity index is 618. The number of carbonyl (C=O) groups is 1. The molecule has 92 valence electrons. The number of benzene rings is 2. The highest BCUT2D eigenvalue weighted by atomic mass is 35.5. The molecule has 0 aliphatic carbocycles. The van der Waals surface area contributed by atoms with Crippen molar-refractivity contribution in [2.24, 2.45) is 0 Å². The Labute approximate surface area is 111 Å². The van der Waals surface area contributed by atoms with Gasteiger partial charge in [-0.1, -0.05) is 29.8 Å². The molecule has 0 spiro atoms. The third-order valence-corrected chi connectivity index (χ3v) is 3.27. The second-order valence-corrected chi connectivity index (χ2v) is 4.73. The van der Waals surface area contributed by atoms with Gasteiger partial charge < -0.3 is 5.11 Å². The van der Waals surface area contributed by atoms with E-state index >= 15 is 0 Å². The van der Waals surface area contributed by atoms with Crippen molar-refractivity contribution in [3.05, 3.63) is 58.1 Å². The molecule has 0 saturated carbocycles. The summed E-state index contributed by atoms with van der Waals surface area (Å²) in [6.45, 7) is 4.03. The SMILES string of the molecule is Cc1ccc(-c2cc(Cl)ccc2C(=O)O)cc1C. The lowest BCUT2D eigenvalue weighted by Crippen LogP contribution is -1.99. The standard InChI is InChI=1S/C15H13ClO2/c1-9-3-4-11(7-10(9)2)14-8-12(16)5-6-13(14)15(17)18/h3-8H,1-2H3,(H,17,18). The van der Waals surface area contributed by atoms with Crippen LogP contribution in [0.15, 0.2) is 36.4 Å². The molecular weight excluding hydrogens is 248 g/mol. The lowest BCUT2D eigenvalue weighted by Gasteiger charge is -2.09. The van der Waals surface area contributed by atoms with Crippen molar-refractivity contribution in [1.29, 1.82) is 0 Å². The van der Waals surface area contributed by atoms with Crippen LogP contribution in [-0.4, -0.2) is 11.1 Å². The Morgan fingerprint density at radius 1 is 1.06 bits per heavy atom. The summed E-state index contributed by atoms with van der Waals surface area (Å²) >= 11 is 5.95. The molecule has 2 nitrogen and oxygen atoms in total. The predicted molar refractivity (Wildman–Crippen MR) is 73.3 cm³/mol. The van der Waals surface area contributed by atoms with Crippen LogP contribution in [0.2, 0.25) is 5.02 Å². The molecule has 0 atom stereocenters. The Balaban J connectivity index is 2.65. The number of hydrogen-bond donors (Lipinski definition) is 1. The minimum Gasteiger partial charge on any atom is -0.478 e. The number of halogens is 1. The summed E-state index contributed by atoms with van der Waals surface area (Å²) < 4.78 is 0. The van der Waals surface area contributed by atoms with Crippen LogP contribution in [0.1, 0.15) is 21.5 Å². The maximum atomic E-state index is 11.2. The average Bonchev–Trinajstić information content (AvgIpc) is 2.32. The zero-order chi connectivity index (χ0) is 13.3. The highest BCUT2D eigenvalue weighted by Crippen LogP contribution is 2.28. The van der Waals surface area contributed by atoms with Gasteiger partial charge in [-0.2, -0.15) is 0 Å². The van der Waals surface area contributed by atoms with Gasteiger partial charge in [0, 0.05) is 5.02 Å². The van der Waals surface area contributed by atoms with Gasteiger partial charge in [-0.25, -0.2) is 4.79 Å². The van der Waals surface area contributed by atoms with Gasteiger partial charge in [-0.05, 0) is 54.3 Å². The molecule has 0 aliphatic heterocycles. The third kappa shape index (κ3) is 2.39. The molecule has 0 heterocycles. The maximum Gasteiger partial charge on any atom is 0.336 e. The fourth-order valence-electron chi connectivity index (χ4n) is 1.85. The van der Waals surface area contributed by atoms with Gasteiger partial charge >= 0.3 is 5.97 Å². The highest BCUT2D eigenvalue weighted by molar-refractivity contribution is 6.31. The molecule has 0 bridgehead atoms. The van der Waals surface area contributed by atoms with Gasteiger partial charge in [0.1, 0.15) is 0 Å². The molecular formula is C15H13ClO2. The fourth-order valence-corrected chi connectivity index (χ4v) is 2.02. The Morgan fingerprint density at radius 3 is 2.39 bits per heavy atom. The summed E-state index contributed by atoms with van der Waals surface area (Å²) in [5.74, 6) is -0.945. The van der Waals surface area contributed by atoms with Crippen LogP contribution in [-0.2, 0) is 0 Å². The zero-order valence-corrected chi connectivity index (χ0v) is 11.0. The fraction of sp³-hybridized carbons (Fsp3) is 0.133. The number of aromatic carboxylic acids is 1. The van der Waals surface area contributed by atoms with Gasteiger partial charge in [-0.3, -0.25) is 0 Å². The van der Waals surface area contributed by atoms with Crippen molar-refractivity contribution in [2.75, 3.05) is 0 Å². The van der Waals surface area contributed by atoms with Gasteiger partial charge in [0.05, 0.1) is 5.56 Å². The van der Waals surface area contributed by atoms with Gasteiger partial charge in [0.15, 0.2) is 0 Å². The van der Waals surface area contributed by atoms with Crippen LogP contribution in [0, 0.1) is 13.8 Å². The molecule has 0 unspecified atom stereocenters. The van der Waals surface area contributed by atoms with Gasteiger partial charge in [0.25, 0.3) is 0 Å². The van der Waals surface area contributed by atoms with Crippen LogP contribution in [0.5, 0.6) is 0 Å². The monoisotopic (exact) mass is 260 g/mol. The van der Waals surface area contributed by atoms with Gasteiger partial charge in [0.2, 0.25) is 0 Å². The summed E-state index contributed by atoms with van der Waals surface area (Å²) in [4.78, 5) is 11.2. The number of aryl methyl sites for hydroxylation is 2. The van der Waals surface area contributed by atoms with Crippen LogP contribution in [0.4, 0.5) is 0 Å². The summed E-state index contributed by atoms with van der Waals surface area (Å²) in [5, 5.41) is 9.73. The first-order chi connectivity index (χ1) is 8.49. The molecule has 18 heavy (non-hydrogen) atoms. The Kier molecular flexibility index (Phi) is 3.39. The first-order valence-corrected chi connectivity index (χ1v) is 5.97. The second kappa shape index (κ2) is 4.83. The molecule has 0 fully saturated rings. The van der Waals surface area contributed by atoms with Crippen molar-refractivity contribution in [1.82, 2.24) is 0 Å². The Morgan fingerprint density at radius 2 is 1.78 bits per heavy atom. The molecule has 1 N–H and O–H groups in total. The van der Waals surface area contributed by atoms with Crippen molar-refractivity contribution >= 4 is 17.6 Å². The maximum absolute atomic E-state index is 11.2. The van der Waals surface area contributed by atoms with E-state index in [1.165, 1.54) is 11.6 Å². The molecule has 2 aromatic carbocycles. The molecule has 0 aliphatic rings. The van der Waals surface area contributed by atoms with Crippen LogP contribution in [0.3, 0.4) is 0 Å². The Hall–Kier alpha value is -1.80. The first-order valence-electron chi connectivity index (χ1n) is 5.59. The van der Waals surface area contributed by atoms with E-state index in [9.17, 15) is 9.90 Å². The van der Waals surface area contributed by atoms with E-state index in [2.05, 4.69) is 0 Å². The van der Waals surface area contributed by atoms with E-state index in [0.29, 0.717) is 10.6 Å². The molecule has 0 amide bonds. The number of carboxylic acids is 1. The summed E-state index contributed by atoms with van der Waals surface area (Å²) in [7, 11) is 0. The zero-order valence-electron chi connectivity index (χ0n) is 10.2. The van der Waals surface area contributed by atoms with E-state index in [4.69, 9.17) is 11.6 Å². The van der Waals surface area contributed by atoms with Crippen molar-refractivity contribution in [3.8, 4) is 11.1 Å². The average molecular weight is 261 g/mol. The topological polar surface area (TPSA) is 37.3 Å². The van der Waals surface area contributed by atoms with E-state index in [0.717, 1.165) is 11.1 Å². The van der Waals surface area contributed by atoms with Crippen molar-refractivity contribution in [3.63, 3.8) is 0 Å². The molecule has 2 rings (SSSR count). The normalized spacial score (nSPS) is 10.4. The lowest BCUT2D eigenvalue weighted by molar-refractivity contribution is 0.0698. The number of carboxylic acid groups (broad SMARTS) is 1. The third-order valence-electron chi connectivity index (χ3n) is 3.03. The molecule has 0 aromatic heterocycles. The molecule has 0 saturated heterocycles. The number of rotatable bonds is 2. The van der Waals surface area contributed by atoms with Crippen molar-refractivity contribution < 1.29 is 9.90 Å². The van der Waals surface area contributed by atoms with E-state index < -0.39 is 5.97 Å². The largest absolute Gasteiger partial charge is 0.478 e. The summed E-state index contributed by atoms with van der Waals surface area (Å²) in [6.07, 6.45) is 0. The smallest absolute Gasteiger partial charge is 0.336 e.